The molecule has 0 N–H and O–H groups in total. The van der Waals surface area contributed by atoms with Crippen LogP contribution in [0.5, 0.6) is 0 Å². The minimum absolute atomic E-state index is 0.704. The van der Waals surface area contributed by atoms with Crippen molar-refractivity contribution in [2.45, 2.75) is 33.2 Å². The molecule has 0 fully saturated rings. The van der Waals surface area contributed by atoms with Crippen molar-refractivity contribution in [2.24, 2.45) is 0 Å². The predicted molar refractivity (Wildman–Crippen MR) is 72.0 cm³/mol. The maximum Gasteiger partial charge on any atom is 0.0998 e. The first-order valence-electron chi connectivity index (χ1n) is 6.28. The summed E-state index contributed by atoms with van der Waals surface area (Å²) in [7, 11) is 0. The lowest BCUT2D eigenvalue weighted by Gasteiger charge is -2.02. The summed E-state index contributed by atoms with van der Waals surface area (Å²) < 4.78 is 1.95. The zero-order valence-corrected chi connectivity index (χ0v) is 10.8. The van der Waals surface area contributed by atoms with Crippen LogP contribution in [-0.4, -0.2) is 9.78 Å². The van der Waals surface area contributed by atoms with Crippen LogP contribution in [0.15, 0.2) is 30.6 Å². The molecule has 2 rings (SSSR count). The van der Waals surface area contributed by atoms with Crippen LogP contribution in [0, 0.1) is 18.3 Å². The Morgan fingerprint density at radius 2 is 2.22 bits per heavy atom. The van der Waals surface area contributed by atoms with E-state index < -0.39 is 0 Å². The zero-order valence-electron chi connectivity index (χ0n) is 10.8. The van der Waals surface area contributed by atoms with Crippen molar-refractivity contribution >= 4 is 0 Å². The molecule has 0 saturated carbocycles. The molecule has 0 radical (unpaired) electrons. The van der Waals surface area contributed by atoms with Gasteiger partial charge in [-0.2, -0.15) is 10.4 Å². The van der Waals surface area contributed by atoms with E-state index in [4.69, 9.17) is 5.26 Å². The maximum absolute atomic E-state index is 9.14. The third-order valence-electron chi connectivity index (χ3n) is 2.98. The molecule has 0 atom stereocenters. The topological polar surface area (TPSA) is 41.6 Å². The molecular weight excluding hydrogens is 222 g/mol. The number of nitriles is 1. The molecule has 0 bridgehead atoms. The largest absolute Gasteiger partial charge is 0.272 e. The van der Waals surface area contributed by atoms with Crippen LogP contribution in [0.4, 0.5) is 0 Å². The lowest BCUT2D eigenvalue weighted by Crippen LogP contribution is -1.96. The monoisotopic (exact) mass is 239 g/mol. The van der Waals surface area contributed by atoms with Crippen LogP contribution in [0.25, 0.3) is 11.1 Å². The zero-order chi connectivity index (χ0) is 13.0. The SMILES string of the molecule is CCCCn1cc(-c2cc(C)ccc2C#N)cn1. The van der Waals surface area contributed by atoms with E-state index in [1.165, 1.54) is 0 Å². The minimum atomic E-state index is 0.704. The molecule has 3 heteroatoms. The molecule has 18 heavy (non-hydrogen) atoms. The van der Waals surface area contributed by atoms with Gasteiger partial charge in [-0.25, -0.2) is 0 Å². The number of unbranched alkanes of at least 4 members (excludes halogenated alkanes) is 1. The summed E-state index contributed by atoms with van der Waals surface area (Å²) >= 11 is 0. The molecule has 0 saturated heterocycles. The van der Waals surface area contributed by atoms with Crippen molar-refractivity contribution in [1.29, 1.82) is 5.26 Å². The average Bonchev–Trinajstić information content (AvgIpc) is 2.85. The first-order chi connectivity index (χ1) is 8.74. The lowest BCUT2D eigenvalue weighted by atomic mass is 10.0. The second kappa shape index (κ2) is 5.50. The normalized spacial score (nSPS) is 10.3. The fraction of sp³-hybridized carbons (Fsp3) is 0.333. The Labute approximate surface area is 108 Å². The van der Waals surface area contributed by atoms with Gasteiger partial charge in [-0.05, 0) is 25.5 Å². The fourth-order valence-electron chi connectivity index (χ4n) is 1.94. The highest BCUT2D eigenvalue weighted by molar-refractivity contribution is 5.70. The van der Waals surface area contributed by atoms with Crippen molar-refractivity contribution in [1.82, 2.24) is 9.78 Å². The molecule has 3 nitrogen and oxygen atoms in total. The highest BCUT2D eigenvalue weighted by Gasteiger charge is 2.07. The Morgan fingerprint density at radius 3 is 2.94 bits per heavy atom. The van der Waals surface area contributed by atoms with Crippen molar-refractivity contribution in [2.75, 3.05) is 0 Å². The molecule has 0 unspecified atom stereocenters. The van der Waals surface area contributed by atoms with Crippen LogP contribution in [0.3, 0.4) is 0 Å². The smallest absolute Gasteiger partial charge is 0.0998 e. The summed E-state index contributed by atoms with van der Waals surface area (Å²) in [5.74, 6) is 0. The molecule has 1 aromatic heterocycles. The van der Waals surface area contributed by atoms with Crippen molar-refractivity contribution in [3.05, 3.63) is 41.7 Å². The lowest BCUT2D eigenvalue weighted by molar-refractivity contribution is 0.572. The Hall–Kier alpha value is -2.08. The van der Waals surface area contributed by atoms with E-state index in [2.05, 4.69) is 18.1 Å². The molecule has 1 heterocycles. The summed E-state index contributed by atoms with van der Waals surface area (Å²) in [5, 5.41) is 13.5. The third-order valence-corrected chi connectivity index (χ3v) is 2.98. The molecule has 0 aliphatic carbocycles. The number of rotatable bonds is 4. The number of benzene rings is 1. The highest BCUT2D eigenvalue weighted by Crippen LogP contribution is 2.24. The Balaban J connectivity index is 2.34. The van der Waals surface area contributed by atoms with E-state index in [1.54, 1.807) is 0 Å². The van der Waals surface area contributed by atoms with Gasteiger partial charge in [0.05, 0.1) is 17.8 Å². The predicted octanol–water partition coefficient (Wildman–Crippen LogP) is 3.53. The van der Waals surface area contributed by atoms with E-state index in [0.717, 1.165) is 36.1 Å². The highest BCUT2D eigenvalue weighted by atomic mass is 15.3. The van der Waals surface area contributed by atoms with Crippen molar-refractivity contribution < 1.29 is 0 Å². The van der Waals surface area contributed by atoms with Gasteiger partial charge in [-0.3, -0.25) is 4.68 Å². The number of hydrogen-bond acceptors (Lipinski definition) is 2. The van der Waals surface area contributed by atoms with Crippen molar-refractivity contribution in [3.8, 4) is 17.2 Å². The first-order valence-corrected chi connectivity index (χ1v) is 6.28. The number of aryl methyl sites for hydroxylation is 2. The quantitative estimate of drug-likeness (QED) is 0.819. The molecule has 2 aromatic rings. The van der Waals surface area contributed by atoms with Gasteiger partial charge in [-0.1, -0.05) is 25.0 Å². The Bertz CT molecular complexity index is 576. The third kappa shape index (κ3) is 2.60. The van der Waals surface area contributed by atoms with Crippen LogP contribution < -0.4 is 0 Å². The maximum atomic E-state index is 9.14. The Morgan fingerprint density at radius 1 is 1.39 bits per heavy atom. The summed E-state index contributed by atoms with van der Waals surface area (Å²) in [6.07, 6.45) is 6.14. The van der Waals surface area contributed by atoms with Crippen LogP contribution in [0.2, 0.25) is 0 Å². The van der Waals surface area contributed by atoms with E-state index >= 15 is 0 Å². The summed E-state index contributed by atoms with van der Waals surface area (Å²) in [6.45, 7) is 5.13. The van der Waals surface area contributed by atoms with Gasteiger partial charge in [0.25, 0.3) is 0 Å². The van der Waals surface area contributed by atoms with Gasteiger partial charge >= 0.3 is 0 Å². The molecule has 92 valence electrons. The molecule has 0 aliphatic rings. The van der Waals surface area contributed by atoms with Crippen LogP contribution in [0.1, 0.15) is 30.9 Å². The van der Waals surface area contributed by atoms with E-state index in [0.29, 0.717) is 5.56 Å². The van der Waals surface area contributed by atoms with Gasteiger partial charge in [0.2, 0.25) is 0 Å². The van der Waals surface area contributed by atoms with Crippen LogP contribution >= 0.6 is 0 Å². The number of aromatic nitrogens is 2. The van der Waals surface area contributed by atoms with Crippen molar-refractivity contribution in [3.63, 3.8) is 0 Å². The van der Waals surface area contributed by atoms with E-state index in [-0.39, 0.29) is 0 Å². The van der Waals surface area contributed by atoms with E-state index in [1.807, 2.05) is 42.2 Å². The minimum Gasteiger partial charge on any atom is -0.272 e. The van der Waals surface area contributed by atoms with E-state index in [9.17, 15) is 0 Å². The standard InChI is InChI=1S/C15H17N3/c1-3-4-7-18-11-14(10-17-18)15-8-12(2)5-6-13(15)9-16/h5-6,8,10-11H,3-4,7H2,1-2H3. The van der Waals surface area contributed by atoms with Crippen LogP contribution in [-0.2, 0) is 6.54 Å². The summed E-state index contributed by atoms with van der Waals surface area (Å²) in [5.41, 5.74) is 3.85. The van der Waals surface area contributed by atoms with Gasteiger partial charge in [0.15, 0.2) is 0 Å². The van der Waals surface area contributed by atoms with Gasteiger partial charge < -0.3 is 0 Å². The fourth-order valence-corrected chi connectivity index (χ4v) is 1.94. The van der Waals surface area contributed by atoms with Gasteiger partial charge in [-0.15, -0.1) is 0 Å². The molecule has 0 aliphatic heterocycles. The second-order valence-corrected chi connectivity index (χ2v) is 4.51. The Kier molecular flexibility index (Phi) is 3.78. The molecular formula is C15H17N3. The molecule has 1 aromatic carbocycles. The number of nitrogens with zero attached hydrogens (tertiary/aromatic N) is 3. The number of hydrogen-bond donors (Lipinski definition) is 0. The first kappa shape index (κ1) is 12.4. The summed E-state index contributed by atoms with van der Waals surface area (Å²) in [6, 6.07) is 8.11. The summed E-state index contributed by atoms with van der Waals surface area (Å²) in [4.78, 5) is 0. The second-order valence-electron chi connectivity index (χ2n) is 4.51. The molecule has 0 amide bonds. The average molecular weight is 239 g/mol. The van der Waals surface area contributed by atoms with Gasteiger partial charge in [0.1, 0.15) is 0 Å². The molecule has 0 spiro atoms. The van der Waals surface area contributed by atoms with Gasteiger partial charge in [0, 0.05) is 23.9 Å².